The lowest BCUT2D eigenvalue weighted by atomic mass is 10.1. The van der Waals surface area contributed by atoms with E-state index in [1.54, 1.807) is 12.3 Å². The number of anilines is 1. The largest absolute Gasteiger partial charge is 0.508 e. The van der Waals surface area contributed by atoms with Crippen LogP contribution in [0.25, 0.3) is 11.3 Å². The summed E-state index contributed by atoms with van der Waals surface area (Å²) in [6, 6.07) is 15.3. The predicted octanol–water partition coefficient (Wildman–Crippen LogP) is 4.22. The molecule has 4 nitrogen and oxygen atoms in total. The number of nitrogens with zero attached hydrogens (tertiary/aromatic N) is 1. The molecule has 1 aromatic heterocycles. The third kappa shape index (κ3) is 2.89. The molecule has 4 heteroatoms. The molecule has 0 aliphatic heterocycles. The zero-order chi connectivity index (χ0) is 14.7. The summed E-state index contributed by atoms with van der Waals surface area (Å²) >= 11 is 0. The minimum absolute atomic E-state index is 0.0160. The summed E-state index contributed by atoms with van der Waals surface area (Å²) < 4.78 is 5.26. The van der Waals surface area contributed by atoms with Crippen LogP contribution in [0, 0.1) is 0 Å². The fraction of sp³-hybridized carbons (Fsp3) is 0.118. The topological polar surface area (TPSA) is 58.3 Å². The third-order valence-corrected chi connectivity index (χ3v) is 3.39. The van der Waals surface area contributed by atoms with Gasteiger partial charge in [-0.25, -0.2) is 4.98 Å². The first kappa shape index (κ1) is 13.2. The van der Waals surface area contributed by atoms with E-state index in [-0.39, 0.29) is 6.04 Å². The maximum absolute atomic E-state index is 9.87. The van der Waals surface area contributed by atoms with Crippen molar-refractivity contribution >= 4 is 5.69 Å². The molecule has 0 bridgehead atoms. The summed E-state index contributed by atoms with van der Waals surface area (Å²) in [6.07, 6.45) is 3.11. The Morgan fingerprint density at radius 1 is 1.10 bits per heavy atom. The molecule has 2 aromatic carbocycles. The van der Waals surface area contributed by atoms with Crippen LogP contribution in [0.4, 0.5) is 5.69 Å². The van der Waals surface area contributed by atoms with E-state index < -0.39 is 0 Å². The van der Waals surface area contributed by atoms with Crippen LogP contribution in [0.5, 0.6) is 5.75 Å². The monoisotopic (exact) mass is 280 g/mol. The molecule has 0 aliphatic rings. The van der Waals surface area contributed by atoms with Gasteiger partial charge in [0.25, 0.3) is 0 Å². The molecule has 1 atom stereocenters. The number of rotatable bonds is 4. The zero-order valence-electron chi connectivity index (χ0n) is 11.7. The standard InChI is InChI=1S/C17H16N2O2/c1-12(15-4-2-3-5-16(15)20)19-14-8-6-13(7-9-14)17-10-18-11-21-17/h2-12,19-20H,1H3. The summed E-state index contributed by atoms with van der Waals surface area (Å²) in [5.74, 6) is 1.05. The van der Waals surface area contributed by atoms with E-state index in [0.717, 1.165) is 22.6 Å². The highest BCUT2D eigenvalue weighted by atomic mass is 16.3. The first-order chi connectivity index (χ1) is 10.2. The van der Waals surface area contributed by atoms with Crippen molar-refractivity contribution in [1.29, 1.82) is 0 Å². The second-order valence-corrected chi connectivity index (χ2v) is 4.87. The predicted molar refractivity (Wildman–Crippen MR) is 82.1 cm³/mol. The quantitative estimate of drug-likeness (QED) is 0.751. The number of phenolic OH excluding ortho intramolecular Hbond substituents is 1. The molecule has 0 radical (unpaired) electrons. The number of oxazole rings is 1. The number of nitrogens with one attached hydrogen (secondary N) is 1. The molecule has 0 fully saturated rings. The smallest absolute Gasteiger partial charge is 0.181 e. The highest BCUT2D eigenvalue weighted by molar-refractivity contribution is 5.61. The lowest BCUT2D eigenvalue weighted by Crippen LogP contribution is -2.06. The first-order valence-electron chi connectivity index (χ1n) is 6.77. The van der Waals surface area contributed by atoms with Gasteiger partial charge in [0.2, 0.25) is 0 Å². The van der Waals surface area contributed by atoms with Crippen LogP contribution >= 0.6 is 0 Å². The Kier molecular flexibility index (Phi) is 3.60. The van der Waals surface area contributed by atoms with Crippen molar-refractivity contribution in [3.63, 3.8) is 0 Å². The van der Waals surface area contributed by atoms with Gasteiger partial charge in [0.15, 0.2) is 12.2 Å². The van der Waals surface area contributed by atoms with Crippen molar-refractivity contribution in [3.8, 4) is 17.1 Å². The van der Waals surface area contributed by atoms with Gasteiger partial charge in [-0.15, -0.1) is 0 Å². The van der Waals surface area contributed by atoms with E-state index in [2.05, 4.69) is 10.3 Å². The van der Waals surface area contributed by atoms with Crippen LogP contribution in [0.2, 0.25) is 0 Å². The highest BCUT2D eigenvalue weighted by Crippen LogP contribution is 2.27. The van der Waals surface area contributed by atoms with Gasteiger partial charge in [0.05, 0.1) is 12.2 Å². The number of aromatic hydroxyl groups is 1. The highest BCUT2D eigenvalue weighted by Gasteiger charge is 2.09. The number of aromatic nitrogens is 1. The molecule has 21 heavy (non-hydrogen) atoms. The fourth-order valence-electron chi connectivity index (χ4n) is 2.27. The van der Waals surface area contributed by atoms with Crippen molar-refractivity contribution in [2.45, 2.75) is 13.0 Å². The lowest BCUT2D eigenvalue weighted by molar-refractivity contribution is 0.465. The lowest BCUT2D eigenvalue weighted by Gasteiger charge is -2.17. The minimum Gasteiger partial charge on any atom is -0.508 e. The molecule has 0 amide bonds. The van der Waals surface area contributed by atoms with Gasteiger partial charge in [0, 0.05) is 16.8 Å². The van der Waals surface area contributed by atoms with Gasteiger partial charge in [-0.3, -0.25) is 0 Å². The average Bonchev–Trinajstić information content (AvgIpc) is 3.02. The molecule has 0 aliphatic carbocycles. The number of benzene rings is 2. The molecular formula is C17H16N2O2. The maximum atomic E-state index is 9.87. The molecule has 106 valence electrons. The second-order valence-electron chi connectivity index (χ2n) is 4.87. The van der Waals surface area contributed by atoms with Crippen LogP contribution in [0.3, 0.4) is 0 Å². The van der Waals surface area contributed by atoms with Crippen LogP contribution in [-0.4, -0.2) is 10.1 Å². The Labute approximate surface area is 123 Å². The third-order valence-electron chi connectivity index (χ3n) is 3.39. The van der Waals surface area contributed by atoms with Crippen molar-refractivity contribution in [3.05, 3.63) is 66.7 Å². The molecule has 3 aromatic rings. The molecule has 1 heterocycles. The van der Waals surface area contributed by atoms with Crippen LogP contribution in [-0.2, 0) is 0 Å². The number of hydrogen-bond donors (Lipinski definition) is 2. The Morgan fingerprint density at radius 2 is 1.86 bits per heavy atom. The van der Waals surface area contributed by atoms with Crippen molar-refractivity contribution in [2.75, 3.05) is 5.32 Å². The Hall–Kier alpha value is -2.75. The summed E-state index contributed by atoms with van der Waals surface area (Å²) in [7, 11) is 0. The van der Waals surface area contributed by atoms with E-state index in [0.29, 0.717) is 5.75 Å². The van der Waals surface area contributed by atoms with Gasteiger partial charge < -0.3 is 14.8 Å². The summed E-state index contributed by atoms with van der Waals surface area (Å²) in [5, 5.41) is 13.2. The molecule has 2 N–H and O–H groups in total. The van der Waals surface area contributed by atoms with Crippen LogP contribution in [0.15, 0.2) is 65.5 Å². The van der Waals surface area contributed by atoms with Gasteiger partial charge in [-0.1, -0.05) is 18.2 Å². The van der Waals surface area contributed by atoms with Crippen molar-refractivity contribution in [2.24, 2.45) is 0 Å². The van der Waals surface area contributed by atoms with E-state index in [1.807, 2.05) is 49.4 Å². The minimum atomic E-state index is 0.0160. The molecule has 1 unspecified atom stereocenters. The summed E-state index contributed by atoms with van der Waals surface area (Å²) in [4.78, 5) is 3.91. The molecule has 3 rings (SSSR count). The molecule has 0 saturated carbocycles. The molecule has 0 spiro atoms. The van der Waals surface area contributed by atoms with Gasteiger partial charge in [-0.05, 0) is 37.3 Å². The number of para-hydroxylation sites is 1. The molecular weight excluding hydrogens is 264 g/mol. The van der Waals surface area contributed by atoms with Crippen LogP contribution in [0.1, 0.15) is 18.5 Å². The Bertz CT molecular complexity index is 706. The van der Waals surface area contributed by atoms with Gasteiger partial charge in [-0.2, -0.15) is 0 Å². The fourth-order valence-corrected chi connectivity index (χ4v) is 2.27. The van der Waals surface area contributed by atoms with E-state index in [1.165, 1.54) is 6.39 Å². The SMILES string of the molecule is CC(Nc1ccc(-c2cnco2)cc1)c1ccccc1O. The Morgan fingerprint density at radius 3 is 2.52 bits per heavy atom. The summed E-state index contributed by atoms with van der Waals surface area (Å²) in [5.41, 5.74) is 2.83. The second kappa shape index (κ2) is 5.71. The number of phenols is 1. The van der Waals surface area contributed by atoms with E-state index in [4.69, 9.17) is 4.42 Å². The van der Waals surface area contributed by atoms with Crippen molar-refractivity contribution in [1.82, 2.24) is 4.98 Å². The number of hydrogen-bond acceptors (Lipinski definition) is 4. The maximum Gasteiger partial charge on any atom is 0.181 e. The van der Waals surface area contributed by atoms with Crippen molar-refractivity contribution < 1.29 is 9.52 Å². The zero-order valence-corrected chi connectivity index (χ0v) is 11.7. The normalized spacial score (nSPS) is 12.0. The van der Waals surface area contributed by atoms with E-state index >= 15 is 0 Å². The molecule has 0 saturated heterocycles. The van der Waals surface area contributed by atoms with Crippen LogP contribution < -0.4 is 5.32 Å². The van der Waals surface area contributed by atoms with Gasteiger partial charge in [0.1, 0.15) is 5.75 Å². The Balaban J connectivity index is 1.75. The average molecular weight is 280 g/mol. The first-order valence-corrected chi connectivity index (χ1v) is 6.77. The van der Waals surface area contributed by atoms with Gasteiger partial charge >= 0.3 is 0 Å². The summed E-state index contributed by atoms with van der Waals surface area (Å²) in [6.45, 7) is 2.01. The van der Waals surface area contributed by atoms with E-state index in [9.17, 15) is 5.11 Å².